The van der Waals surface area contributed by atoms with Crippen LogP contribution in [0.15, 0.2) is 30.3 Å². The molecule has 9 heteroatoms. The molecule has 0 radical (unpaired) electrons. The molecule has 1 aromatic carbocycles. The number of methoxy groups -OCH3 is 1. The molecule has 28 heavy (non-hydrogen) atoms. The lowest BCUT2D eigenvalue weighted by atomic mass is 10.1. The van der Waals surface area contributed by atoms with E-state index in [4.69, 9.17) is 16.2 Å². The minimum absolute atomic E-state index is 0.217. The van der Waals surface area contributed by atoms with Crippen LogP contribution in [0.2, 0.25) is 0 Å². The van der Waals surface area contributed by atoms with Gasteiger partial charge in [-0.3, -0.25) is 4.79 Å². The molecule has 0 spiro atoms. The number of benzene rings is 1. The molecule has 0 unspecified atom stereocenters. The zero-order valence-electron chi connectivity index (χ0n) is 16.4. The zero-order valence-corrected chi connectivity index (χ0v) is 16.4. The van der Waals surface area contributed by atoms with Gasteiger partial charge in [0.15, 0.2) is 11.5 Å². The van der Waals surface area contributed by atoms with Crippen molar-refractivity contribution in [2.75, 3.05) is 24.3 Å². The highest BCUT2D eigenvalue weighted by molar-refractivity contribution is 6.04. The van der Waals surface area contributed by atoms with E-state index in [9.17, 15) is 4.79 Å². The first-order valence-electron chi connectivity index (χ1n) is 8.82. The Hall–Kier alpha value is -3.33. The third-order valence-electron chi connectivity index (χ3n) is 4.04. The summed E-state index contributed by atoms with van der Waals surface area (Å²) in [5.41, 5.74) is 13.3. The van der Waals surface area contributed by atoms with Crippen molar-refractivity contribution in [3.8, 4) is 5.75 Å². The summed E-state index contributed by atoms with van der Waals surface area (Å²) < 4.78 is 6.72. The van der Waals surface area contributed by atoms with Crippen molar-refractivity contribution < 1.29 is 9.53 Å². The van der Waals surface area contributed by atoms with Crippen molar-refractivity contribution in [1.82, 2.24) is 14.6 Å². The predicted molar refractivity (Wildman–Crippen MR) is 109 cm³/mol. The maximum Gasteiger partial charge on any atom is 0.256 e. The Balaban J connectivity index is 2.06. The van der Waals surface area contributed by atoms with E-state index < -0.39 is 11.4 Å². The number of nitrogens with one attached hydrogen (secondary N) is 2. The molecule has 148 valence electrons. The minimum Gasteiger partial charge on any atom is -0.497 e. The number of nitrogens with zero attached hydrogens (tertiary/aromatic N) is 3. The standard InChI is InChI=1S/C19H25N7O2/c1-11-9-14(22-10-19(2,3)21)26-18(23-11)15(16(20)27)17(25-26)24-12-5-7-13(28-4)8-6-12/h5-9,22H,10,21H2,1-4H3,(H2,20,27)(H,24,25). The topological polar surface area (TPSA) is 133 Å². The lowest BCUT2D eigenvalue weighted by molar-refractivity contribution is 0.100. The molecule has 3 rings (SSSR count). The molecule has 2 aromatic heterocycles. The number of hydrogen-bond acceptors (Lipinski definition) is 7. The smallest absolute Gasteiger partial charge is 0.256 e. The van der Waals surface area contributed by atoms with Crippen LogP contribution in [0.4, 0.5) is 17.3 Å². The number of ether oxygens (including phenoxy) is 1. The number of nitrogens with two attached hydrogens (primary N) is 2. The fraction of sp³-hybridized carbons (Fsp3) is 0.316. The number of hydrogen-bond donors (Lipinski definition) is 4. The molecule has 9 nitrogen and oxygen atoms in total. The maximum atomic E-state index is 12.2. The number of primary amides is 1. The van der Waals surface area contributed by atoms with Gasteiger partial charge in [-0.2, -0.15) is 4.52 Å². The summed E-state index contributed by atoms with van der Waals surface area (Å²) in [6.45, 7) is 6.19. The van der Waals surface area contributed by atoms with E-state index in [1.165, 1.54) is 0 Å². The summed E-state index contributed by atoms with van der Waals surface area (Å²) in [6.07, 6.45) is 0. The van der Waals surface area contributed by atoms with Crippen LogP contribution in [0.3, 0.4) is 0 Å². The number of amides is 1. The summed E-state index contributed by atoms with van der Waals surface area (Å²) in [7, 11) is 1.60. The van der Waals surface area contributed by atoms with Gasteiger partial charge in [-0.15, -0.1) is 5.10 Å². The molecule has 0 saturated carbocycles. The Morgan fingerprint density at radius 2 is 1.96 bits per heavy atom. The Kier molecular flexibility index (Phi) is 5.10. The van der Waals surface area contributed by atoms with Crippen molar-refractivity contribution in [1.29, 1.82) is 0 Å². The zero-order chi connectivity index (χ0) is 20.5. The highest BCUT2D eigenvalue weighted by Gasteiger charge is 2.22. The number of fused-ring (bicyclic) bond motifs is 1. The Labute approximate surface area is 163 Å². The molecule has 0 atom stereocenters. The van der Waals surface area contributed by atoms with E-state index in [0.29, 0.717) is 23.8 Å². The fourth-order valence-electron chi connectivity index (χ4n) is 2.71. The van der Waals surface area contributed by atoms with Crippen LogP contribution < -0.4 is 26.8 Å². The molecule has 0 saturated heterocycles. The molecule has 0 bridgehead atoms. The van der Waals surface area contributed by atoms with Gasteiger partial charge in [0.25, 0.3) is 5.91 Å². The van der Waals surface area contributed by atoms with E-state index >= 15 is 0 Å². The summed E-state index contributed by atoms with van der Waals surface area (Å²) >= 11 is 0. The second kappa shape index (κ2) is 7.35. The molecular formula is C19H25N7O2. The van der Waals surface area contributed by atoms with Gasteiger partial charge >= 0.3 is 0 Å². The van der Waals surface area contributed by atoms with Crippen molar-refractivity contribution in [3.63, 3.8) is 0 Å². The fourth-order valence-corrected chi connectivity index (χ4v) is 2.71. The van der Waals surface area contributed by atoms with E-state index in [0.717, 1.165) is 17.1 Å². The number of carbonyl (C=O) groups excluding carboxylic acids is 1. The quantitative estimate of drug-likeness (QED) is 0.491. The number of rotatable bonds is 7. The van der Waals surface area contributed by atoms with E-state index in [-0.39, 0.29) is 5.56 Å². The molecule has 6 N–H and O–H groups in total. The van der Waals surface area contributed by atoms with Gasteiger partial charge in [-0.05, 0) is 45.0 Å². The van der Waals surface area contributed by atoms with Crippen LogP contribution in [0.1, 0.15) is 29.9 Å². The molecule has 2 heterocycles. The third-order valence-corrected chi connectivity index (χ3v) is 4.04. The van der Waals surface area contributed by atoms with Crippen molar-refractivity contribution in [2.45, 2.75) is 26.3 Å². The number of anilines is 3. The van der Waals surface area contributed by atoms with E-state index in [1.807, 2.05) is 39.0 Å². The molecular weight excluding hydrogens is 358 g/mol. The Morgan fingerprint density at radius 1 is 1.29 bits per heavy atom. The lowest BCUT2D eigenvalue weighted by Crippen LogP contribution is -2.40. The number of aryl methyl sites for hydroxylation is 1. The summed E-state index contributed by atoms with van der Waals surface area (Å²) in [6, 6.07) is 9.10. The second-order valence-corrected chi connectivity index (χ2v) is 7.30. The van der Waals surface area contributed by atoms with Crippen LogP contribution in [0, 0.1) is 6.92 Å². The summed E-state index contributed by atoms with van der Waals surface area (Å²) in [4.78, 5) is 16.6. The van der Waals surface area contributed by atoms with Crippen LogP contribution >= 0.6 is 0 Å². The van der Waals surface area contributed by atoms with E-state index in [2.05, 4.69) is 20.7 Å². The normalized spacial score (nSPS) is 11.5. The highest BCUT2D eigenvalue weighted by atomic mass is 16.5. The molecule has 0 aliphatic carbocycles. The summed E-state index contributed by atoms with van der Waals surface area (Å²) in [5, 5.41) is 10.9. The van der Waals surface area contributed by atoms with Crippen LogP contribution in [0.25, 0.3) is 5.65 Å². The van der Waals surface area contributed by atoms with Gasteiger partial charge in [0.05, 0.1) is 7.11 Å². The molecule has 0 aliphatic rings. The van der Waals surface area contributed by atoms with Crippen molar-refractivity contribution >= 4 is 28.9 Å². The first-order valence-corrected chi connectivity index (χ1v) is 8.82. The van der Waals surface area contributed by atoms with Crippen molar-refractivity contribution in [2.24, 2.45) is 11.5 Å². The monoisotopic (exact) mass is 383 g/mol. The average Bonchev–Trinajstić information content (AvgIpc) is 2.97. The van der Waals surface area contributed by atoms with Crippen LogP contribution in [0.5, 0.6) is 5.75 Å². The van der Waals surface area contributed by atoms with Crippen LogP contribution in [-0.4, -0.2) is 39.7 Å². The number of carbonyl (C=O) groups is 1. The number of aromatic nitrogens is 3. The van der Waals surface area contributed by atoms with Gasteiger partial charge in [0.2, 0.25) is 0 Å². The highest BCUT2D eigenvalue weighted by Crippen LogP contribution is 2.26. The largest absolute Gasteiger partial charge is 0.497 e. The Bertz CT molecular complexity index is 1000. The Morgan fingerprint density at radius 3 is 2.54 bits per heavy atom. The van der Waals surface area contributed by atoms with Gasteiger partial charge in [-0.1, -0.05) is 0 Å². The first-order chi connectivity index (χ1) is 13.2. The lowest BCUT2D eigenvalue weighted by Gasteiger charge is -2.20. The maximum absolute atomic E-state index is 12.2. The second-order valence-electron chi connectivity index (χ2n) is 7.30. The van der Waals surface area contributed by atoms with Gasteiger partial charge in [-0.25, -0.2) is 4.98 Å². The molecule has 3 aromatic rings. The SMILES string of the molecule is COc1ccc(Nc2nn3c(NCC(C)(C)N)cc(C)nc3c2C(N)=O)cc1. The molecule has 0 fully saturated rings. The molecule has 0 aliphatic heterocycles. The minimum atomic E-state index is -0.616. The average molecular weight is 383 g/mol. The third kappa shape index (κ3) is 4.15. The molecule has 1 amide bonds. The van der Waals surface area contributed by atoms with Gasteiger partial charge in [0.1, 0.15) is 17.1 Å². The van der Waals surface area contributed by atoms with Crippen molar-refractivity contribution in [3.05, 3.63) is 41.6 Å². The van der Waals surface area contributed by atoms with Gasteiger partial charge < -0.3 is 26.8 Å². The summed E-state index contributed by atoms with van der Waals surface area (Å²) in [5.74, 6) is 1.11. The predicted octanol–water partition coefficient (Wildman–Crippen LogP) is 2.04. The van der Waals surface area contributed by atoms with E-state index in [1.54, 1.807) is 23.8 Å². The first kappa shape index (κ1) is 19.4. The van der Waals surface area contributed by atoms with Gasteiger partial charge in [0, 0.05) is 29.5 Å². The van der Waals surface area contributed by atoms with Crippen LogP contribution in [-0.2, 0) is 0 Å².